The summed E-state index contributed by atoms with van der Waals surface area (Å²) in [5.41, 5.74) is 2.83. The average Bonchev–Trinajstić information content (AvgIpc) is 3.35. The van der Waals surface area contributed by atoms with Crippen molar-refractivity contribution in [3.05, 3.63) is 81.3 Å². The van der Waals surface area contributed by atoms with E-state index in [0.717, 1.165) is 26.0 Å². The van der Waals surface area contributed by atoms with Gasteiger partial charge in [0.1, 0.15) is 5.76 Å². The largest absolute Gasteiger partial charge is 0.467 e. The quantitative estimate of drug-likeness (QED) is 0.329. The van der Waals surface area contributed by atoms with Gasteiger partial charge < -0.3 is 4.42 Å². The number of para-hydroxylation sites is 1. The van der Waals surface area contributed by atoms with Crippen LogP contribution in [0.5, 0.6) is 0 Å². The molecule has 0 fully saturated rings. The highest BCUT2D eigenvalue weighted by molar-refractivity contribution is 14.1. The number of rotatable bonds is 5. The van der Waals surface area contributed by atoms with Gasteiger partial charge in [0.05, 0.1) is 28.6 Å². The molecule has 2 aromatic heterocycles. The number of fused-ring (bicyclic) bond motifs is 1. The van der Waals surface area contributed by atoms with E-state index < -0.39 is 0 Å². The minimum absolute atomic E-state index is 0.0755. The van der Waals surface area contributed by atoms with Gasteiger partial charge in [-0.3, -0.25) is 9.69 Å². The molecule has 0 aliphatic rings. The number of carbonyl (C=O) groups excluding carboxylic acids is 1. The molecule has 27 heavy (non-hydrogen) atoms. The molecule has 0 N–H and O–H groups in total. The molecule has 4 rings (SSSR count). The summed E-state index contributed by atoms with van der Waals surface area (Å²) in [6, 6.07) is 17.5. The first-order valence-corrected chi connectivity index (χ1v) is 10.5. The molecule has 2 heterocycles. The number of amides is 1. The third-order valence-electron chi connectivity index (χ3n) is 4.35. The van der Waals surface area contributed by atoms with Gasteiger partial charge in [0.25, 0.3) is 5.91 Å². The van der Waals surface area contributed by atoms with Crippen LogP contribution in [0.2, 0.25) is 0 Å². The SMILES string of the molecule is CCc1cccc2sc(N(Cc3ccco3)C(=O)c3ccccc3I)nc12. The van der Waals surface area contributed by atoms with E-state index in [2.05, 4.69) is 41.6 Å². The van der Waals surface area contributed by atoms with Crippen molar-refractivity contribution >= 4 is 55.2 Å². The molecule has 2 aromatic carbocycles. The minimum atomic E-state index is -0.0755. The van der Waals surface area contributed by atoms with Crippen LogP contribution in [0.3, 0.4) is 0 Å². The standard InChI is InChI=1S/C21H17IN2O2S/c1-2-14-7-5-11-18-19(14)23-21(27-18)24(13-15-8-6-12-26-15)20(25)16-9-3-4-10-17(16)22/h3-12H,2,13H2,1H3. The number of furan rings is 1. The summed E-state index contributed by atoms with van der Waals surface area (Å²) in [6.45, 7) is 2.46. The van der Waals surface area contributed by atoms with Crippen molar-refractivity contribution in [1.29, 1.82) is 0 Å². The summed E-state index contributed by atoms with van der Waals surface area (Å²) < 4.78 is 7.51. The fourth-order valence-corrected chi connectivity index (χ4v) is 4.59. The van der Waals surface area contributed by atoms with Crippen molar-refractivity contribution < 1.29 is 9.21 Å². The predicted molar refractivity (Wildman–Crippen MR) is 117 cm³/mol. The number of anilines is 1. The highest BCUT2D eigenvalue weighted by Gasteiger charge is 2.24. The van der Waals surface area contributed by atoms with Crippen LogP contribution in [-0.2, 0) is 13.0 Å². The van der Waals surface area contributed by atoms with Crippen LogP contribution in [-0.4, -0.2) is 10.9 Å². The van der Waals surface area contributed by atoms with Crippen LogP contribution in [0.1, 0.15) is 28.6 Å². The summed E-state index contributed by atoms with van der Waals surface area (Å²) >= 11 is 3.73. The number of aromatic nitrogens is 1. The monoisotopic (exact) mass is 488 g/mol. The molecule has 0 aliphatic carbocycles. The van der Waals surface area contributed by atoms with E-state index in [1.807, 2.05) is 42.5 Å². The van der Waals surface area contributed by atoms with Crippen LogP contribution < -0.4 is 4.90 Å². The number of nitrogens with zero attached hydrogens (tertiary/aromatic N) is 2. The van der Waals surface area contributed by atoms with E-state index in [1.165, 1.54) is 16.9 Å². The number of carbonyl (C=O) groups is 1. The maximum absolute atomic E-state index is 13.4. The van der Waals surface area contributed by atoms with Crippen LogP contribution in [0.4, 0.5) is 5.13 Å². The molecule has 0 unspecified atom stereocenters. The Labute approximate surface area is 175 Å². The number of halogens is 1. The molecule has 136 valence electrons. The van der Waals surface area contributed by atoms with Gasteiger partial charge in [0.15, 0.2) is 5.13 Å². The Morgan fingerprint density at radius 1 is 1.15 bits per heavy atom. The first-order valence-electron chi connectivity index (χ1n) is 8.64. The molecular formula is C21H17IN2O2S. The van der Waals surface area contributed by atoms with Crippen LogP contribution in [0.15, 0.2) is 65.3 Å². The Morgan fingerprint density at radius 2 is 2.00 bits per heavy atom. The molecule has 6 heteroatoms. The van der Waals surface area contributed by atoms with Crippen molar-refractivity contribution in [3.63, 3.8) is 0 Å². The Morgan fingerprint density at radius 3 is 2.74 bits per heavy atom. The van der Waals surface area contributed by atoms with Crippen molar-refractivity contribution in [2.75, 3.05) is 4.90 Å². The van der Waals surface area contributed by atoms with Gasteiger partial charge in [-0.05, 0) is 64.9 Å². The van der Waals surface area contributed by atoms with E-state index in [1.54, 1.807) is 11.2 Å². The Balaban J connectivity index is 1.81. The second kappa shape index (κ2) is 7.82. The molecule has 0 saturated heterocycles. The minimum Gasteiger partial charge on any atom is -0.467 e. The summed E-state index contributed by atoms with van der Waals surface area (Å²) in [7, 11) is 0. The van der Waals surface area contributed by atoms with Crippen molar-refractivity contribution in [1.82, 2.24) is 4.98 Å². The lowest BCUT2D eigenvalue weighted by Gasteiger charge is -2.19. The summed E-state index contributed by atoms with van der Waals surface area (Å²) in [4.78, 5) is 19.9. The molecule has 4 nitrogen and oxygen atoms in total. The predicted octanol–water partition coefficient (Wildman–Crippen LogP) is 5.90. The van der Waals surface area contributed by atoms with E-state index in [4.69, 9.17) is 9.40 Å². The molecule has 0 atom stereocenters. The molecule has 0 radical (unpaired) electrons. The summed E-state index contributed by atoms with van der Waals surface area (Å²) in [5, 5.41) is 0.687. The molecule has 4 aromatic rings. The molecule has 0 aliphatic heterocycles. The van der Waals surface area contributed by atoms with Gasteiger partial charge in [-0.1, -0.05) is 42.5 Å². The summed E-state index contributed by atoms with van der Waals surface area (Å²) in [5.74, 6) is 0.651. The average molecular weight is 488 g/mol. The Hall–Kier alpha value is -2.19. The smallest absolute Gasteiger partial charge is 0.261 e. The summed E-state index contributed by atoms with van der Waals surface area (Å²) in [6.07, 6.45) is 2.53. The topological polar surface area (TPSA) is 46.3 Å². The fourth-order valence-electron chi connectivity index (χ4n) is 2.96. The Kier molecular flexibility index (Phi) is 5.27. The van der Waals surface area contributed by atoms with Crippen LogP contribution in [0, 0.1) is 3.57 Å². The highest BCUT2D eigenvalue weighted by Crippen LogP contribution is 2.33. The van der Waals surface area contributed by atoms with E-state index >= 15 is 0 Å². The highest BCUT2D eigenvalue weighted by atomic mass is 127. The van der Waals surface area contributed by atoms with Crippen LogP contribution in [0.25, 0.3) is 10.2 Å². The van der Waals surface area contributed by atoms with Crippen molar-refractivity contribution in [2.45, 2.75) is 19.9 Å². The lowest BCUT2D eigenvalue weighted by molar-refractivity contribution is 0.0982. The van der Waals surface area contributed by atoms with Crippen LogP contribution >= 0.6 is 33.9 Å². The zero-order valence-electron chi connectivity index (χ0n) is 14.7. The molecular weight excluding hydrogens is 471 g/mol. The first-order chi connectivity index (χ1) is 13.2. The number of aryl methyl sites for hydroxylation is 1. The number of benzene rings is 2. The van der Waals surface area contributed by atoms with E-state index in [0.29, 0.717) is 17.2 Å². The lowest BCUT2D eigenvalue weighted by atomic mass is 10.1. The zero-order valence-corrected chi connectivity index (χ0v) is 17.7. The molecule has 0 spiro atoms. The number of hydrogen-bond donors (Lipinski definition) is 0. The van der Waals surface area contributed by atoms with Crippen molar-refractivity contribution in [2.24, 2.45) is 0 Å². The van der Waals surface area contributed by atoms with E-state index in [9.17, 15) is 4.79 Å². The molecule has 0 saturated carbocycles. The van der Waals surface area contributed by atoms with Crippen molar-refractivity contribution in [3.8, 4) is 0 Å². The van der Waals surface area contributed by atoms with Gasteiger partial charge in [-0.25, -0.2) is 4.98 Å². The number of thiazole rings is 1. The third kappa shape index (κ3) is 3.64. The van der Waals surface area contributed by atoms with E-state index in [-0.39, 0.29) is 5.91 Å². The normalized spacial score (nSPS) is 11.0. The van der Waals surface area contributed by atoms with Gasteiger partial charge >= 0.3 is 0 Å². The second-order valence-corrected chi connectivity index (χ2v) is 8.24. The number of hydrogen-bond acceptors (Lipinski definition) is 4. The molecule has 0 bridgehead atoms. The third-order valence-corrected chi connectivity index (χ3v) is 6.33. The maximum Gasteiger partial charge on any atom is 0.261 e. The Bertz CT molecular complexity index is 1090. The second-order valence-electron chi connectivity index (χ2n) is 6.06. The van der Waals surface area contributed by atoms with Gasteiger partial charge in [0, 0.05) is 3.57 Å². The maximum atomic E-state index is 13.4. The first kappa shape index (κ1) is 18.2. The van der Waals surface area contributed by atoms with Gasteiger partial charge in [0.2, 0.25) is 0 Å². The molecule has 1 amide bonds. The zero-order chi connectivity index (χ0) is 18.8. The fraction of sp³-hybridized carbons (Fsp3) is 0.143. The van der Waals surface area contributed by atoms with Gasteiger partial charge in [-0.2, -0.15) is 0 Å². The van der Waals surface area contributed by atoms with Gasteiger partial charge in [-0.15, -0.1) is 0 Å². The lowest BCUT2D eigenvalue weighted by Crippen LogP contribution is -2.30.